The molecule has 0 spiro atoms. The van der Waals surface area contributed by atoms with Gasteiger partial charge >= 0.3 is 6.03 Å². The van der Waals surface area contributed by atoms with Crippen molar-refractivity contribution in [3.8, 4) is 0 Å². The van der Waals surface area contributed by atoms with Crippen molar-refractivity contribution in [1.82, 2.24) is 10.6 Å². The van der Waals surface area contributed by atoms with Crippen LogP contribution in [-0.2, 0) is 11.3 Å². The van der Waals surface area contributed by atoms with E-state index in [-0.39, 0.29) is 17.7 Å². The van der Waals surface area contributed by atoms with Gasteiger partial charge in [0.1, 0.15) is 0 Å². The zero-order valence-corrected chi connectivity index (χ0v) is 13.6. The molecule has 1 rings (SSSR count). The quantitative estimate of drug-likeness (QED) is 0.875. The second-order valence-electron chi connectivity index (χ2n) is 6.65. The molecule has 0 saturated carbocycles. The second kappa shape index (κ2) is 7.25. The molecule has 21 heavy (non-hydrogen) atoms. The van der Waals surface area contributed by atoms with Gasteiger partial charge in [0.25, 0.3) is 0 Å². The highest BCUT2D eigenvalue weighted by molar-refractivity contribution is 5.92. The summed E-state index contributed by atoms with van der Waals surface area (Å²) in [5.74, 6) is 0.103. The Balaban J connectivity index is 2.59. The van der Waals surface area contributed by atoms with Crippen LogP contribution in [0.1, 0.15) is 40.2 Å². The standard InChI is InChI=1S/C17H26N2O2/c1-12(2)14(15(20)17(3,4)5)19-16(21)18-11-13-9-7-6-8-10-13/h6-10,12,14H,11H2,1-5H3,(H2,18,19,21). The number of amides is 2. The molecule has 2 N–H and O–H groups in total. The van der Waals surface area contributed by atoms with Gasteiger partial charge in [-0.3, -0.25) is 4.79 Å². The maximum absolute atomic E-state index is 12.4. The summed E-state index contributed by atoms with van der Waals surface area (Å²) >= 11 is 0. The van der Waals surface area contributed by atoms with Crippen molar-refractivity contribution in [3.63, 3.8) is 0 Å². The summed E-state index contributed by atoms with van der Waals surface area (Å²) in [6, 6.07) is 8.89. The maximum atomic E-state index is 12.4. The first-order valence-electron chi connectivity index (χ1n) is 7.34. The first-order chi connectivity index (χ1) is 9.71. The maximum Gasteiger partial charge on any atom is 0.315 e. The Bertz CT molecular complexity index is 475. The van der Waals surface area contributed by atoms with Gasteiger partial charge in [-0.1, -0.05) is 65.0 Å². The molecule has 0 saturated heterocycles. The highest BCUT2D eigenvalue weighted by Gasteiger charge is 2.32. The molecule has 4 nitrogen and oxygen atoms in total. The molecule has 4 heteroatoms. The zero-order valence-electron chi connectivity index (χ0n) is 13.6. The lowest BCUT2D eigenvalue weighted by molar-refractivity contribution is -0.129. The van der Waals surface area contributed by atoms with Crippen molar-refractivity contribution in [3.05, 3.63) is 35.9 Å². The Kier molecular flexibility index (Phi) is 5.94. The molecule has 1 unspecified atom stereocenters. The van der Waals surface area contributed by atoms with E-state index in [0.717, 1.165) is 5.56 Å². The summed E-state index contributed by atoms with van der Waals surface area (Å²) in [4.78, 5) is 24.4. The predicted molar refractivity (Wildman–Crippen MR) is 84.9 cm³/mol. The Labute approximate surface area is 127 Å². The molecule has 0 aliphatic heterocycles. The van der Waals surface area contributed by atoms with E-state index < -0.39 is 11.5 Å². The van der Waals surface area contributed by atoms with Crippen LogP contribution in [0.15, 0.2) is 30.3 Å². The van der Waals surface area contributed by atoms with Crippen LogP contribution in [0.4, 0.5) is 4.79 Å². The third-order valence-electron chi connectivity index (χ3n) is 3.27. The van der Waals surface area contributed by atoms with Crippen molar-refractivity contribution in [2.24, 2.45) is 11.3 Å². The van der Waals surface area contributed by atoms with Crippen molar-refractivity contribution in [2.75, 3.05) is 0 Å². The van der Waals surface area contributed by atoms with E-state index in [1.165, 1.54) is 0 Å². The van der Waals surface area contributed by atoms with Crippen LogP contribution in [0, 0.1) is 11.3 Å². The topological polar surface area (TPSA) is 58.2 Å². The summed E-state index contributed by atoms with van der Waals surface area (Å²) in [6.07, 6.45) is 0. The van der Waals surface area contributed by atoms with E-state index in [1.807, 2.05) is 65.0 Å². The lowest BCUT2D eigenvalue weighted by Crippen LogP contribution is -2.51. The van der Waals surface area contributed by atoms with Crippen molar-refractivity contribution in [1.29, 1.82) is 0 Å². The van der Waals surface area contributed by atoms with Crippen LogP contribution < -0.4 is 10.6 Å². The molecular weight excluding hydrogens is 264 g/mol. The summed E-state index contributed by atoms with van der Waals surface area (Å²) in [6.45, 7) is 9.93. The van der Waals surface area contributed by atoms with Crippen LogP contribution in [0.3, 0.4) is 0 Å². The van der Waals surface area contributed by atoms with Gasteiger partial charge in [-0.25, -0.2) is 4.79 Å². The minimum Gasteiger partial charge on any atom is -0.334 e. The molecule has 0 fully saturated rings. The lowest BCUT2D eigenvalue weighted by atomic mass is 9.82. The van der Waals surface area contributed by atoms with E-state index in [1.54, 1.807) is 0 Å². The molecule has 1 aromatic carbocycles. The van der Waals surface area contributed by atoms with E-state index >= 15 is 0 Å². The molecule has 2 amide bonds. The van der Waals surface area contributed by atoms with E-state index in [0.29, 0.717) is 6.54 Å². The number of urea groups is 1. The van der Waals surface area contributed by atoms with Crippen molar-refractivity contribution in [2.45, 2.75) is 47.2 Å². The van der Waals surface area contributed by atoms with Crippen LogP contribution in [-0.4, -0.2) is 17.9 Å². The van der Waals surface area contributed by atoms with Crippen molar-refractivity contribution >= 4 is 11.8 Å². The Hall–Kier alpha value is -1.84. The smallest absolute Gasteiger partial charge is 0.315 e. The number of hydrogen-bond acceptors (Lipinski definition) is 2. The fraction of sp³-hybridized carbons (Fsp3) is 0.529. The average Bonchev–Trinajstić information content (AvgIpc) is 2.41. The molecule has 1 atom stereocenters. The lowest BCUT2D eigenvalue weighted by Gasteiger charge is -2.28. The molecule has 0 heterocycles. The van der Waals surface area contributed by atoms with Crippen LogP contribution in [0.2, 0.25) is 0 Å². The first kappa shape index (κ1) is 17.2. The number of carbonyl (C=O) groups excluding carboxylic acids is 2. The number of rotatable bonds is 5. The van der Waals surface area contributed by atoms with Gasteiger partial charge in [0.05, 0.1) is 6.04 Å². The fourth-order valence-electron chi connectivity index (χ4n) is 1.97. The summed E-state index contributed by atoms with van der Waals surface area (Å²) in [5.41, 5.74) is 0.553. The van der Waals surface area contributed by atoms with Gasteiger partial charge in [-0.15, -0.1) is 0 Å². The summed E-state index contributed by atoms with van der Waals surface area (Å²) in [5, 5.41) is 5.58. The third-order valence-corrected chi connectivity index (χ3v) is 3.27. The highest BCUT2D eigenvalue weighted by Crippen LogP contribution is 2.20. The monoisotopic (exact) mass is 290 g/mol. The minimum atomic E-state index is -0.472. The van der Waals surface area contributed by atoms with E-state index in [4.69, 9.17) is 0 Å². The SMILES string of the molecule is CC(C)C(NC(=O)NCc1ccccc1)C(=O)C(C)(C)C. The van der Waals surface area contributed by atoms with Gasteiger partial charge in [0.2, 0.25) is 0 Å². The molecule has 0 aliphatic rings. The highest BCUT2D eigenvalue weighted by atomic mass is 16.2. The number of hydrogen-bond donors (Lipinski definition) is 2. The van der Waals surface area contributed by atoms with Crippen LogP contribution in [0.25, 0.3) is 0 Å². The largest absolute Gasteiger partial charge is 0.334 e. The van der Waals surface area contributed by atoms with Gasteiger partial charge < -0.3 is 10.6 Å². The fourth-order valence-corrected chi connectivity index (χ4v) is 1.97. The number of ketones is 1. The number of carbonyl (C=O) groups is 2. The average molecular weight is 290 g/mol. The van der Waals surface area contributed by atoms with Gasteiger partial charge in [-0.05, 0) is 11.5 Å². The van der Waals surface area contributed by atoms with Gasteiger partial charge in [0.15, 0.2) is 5.78 Å². The number of Topliss-reactive ketones (excluding diaryl/α,β-unsaturated/α-hetero) is 1. The molecule has 0 radical (unpaired) electrons. The van der Waals surface area contributed by atoms with E-state index in [2.05, 4.69) is 10.6 Å². The van der Waals surface area contributed by atoms with Crippen molar-refractivity contribution < 1.29 is 9.59 Å². The van der Waals surface area contributed by atoms with Gasteiger partial charge in [0, 0.05) is 12.0 Å². The molecule has 1 aromatic rings. The minimum absolute atomic E-state index is 0.0485. The second-order valence-corrected chi connectivity index (χ2v) is 6.65. The first-order valence-corrected chi connectivity index (χ1v) is 7.34. The third kappa shape index (κ3) is 5.58. The van der Waals surface area contributed by atoms with E-state index in [9.17, 15) is 9.59 Å². The van der Waals surface area contributed by atoms with Crippen LogP contribution in [0.5, 0.6) is 0 Å². The molecule has 0 aromatic heterocycles. The number of benzene rings is 1. The Morgan fingerprint density at radius 1 is 1.10 bits per heavy atom. The molecular formula is C17H26N2O2. The molecule has 116 valence electrons. The molecule has 0 bridgehead atoms. The Morgan fingerprint density at radius 3 is 2.14 bits per heavy atom. The molecule has 0 aliphatic carbocycles. The van der Waals surface area contributed by atoms with Gasteiger partial charge in [-0.2, -0.15) is 0 Å². The Morgan fingerprint density at radius 2 is 1.67 bits per heavy atom. The predicted octanol–water partition coefficient (Wildman–Crippen LogP) is 3.13. The van der Waals surface area contributed by atoms with Crippen LogP contribution >= 0.6 is 0 Å². The summed E-state index contributed by atoms with van der Waals surface area (Å²) < 4.78 is 0. The number of nitrogens with one attached hydrogen (secondary N) is 2. The normalized spacial score (nSPS) is 12.9. The zero-order chi connectivity index (χ0) is 16.0. The summed E-state index contributed by atoms with van der Waals surface area (Å²) in [7, 11) is 0.